The maximum Gasteiger partial charge on any atom is 0.156 e. The summed E-state index contributed by atoms with van der Waals surface area (Å²) in [5.41, 5.74) is 1.03. The van der Waals surface area contributed by atoms with Gasteiger partial charge in [-0.1, -0.05) is 19.4 Å². The van der Waals surface area contributed by atoms with Gasteiger partial charge in [-0.2, -0.15) is 0 Å². The Labute approximate surface area is 133 Å². The van der Waals surface area contributed by atoms with Crippen LogP contribution in [0.3, 0.4) is 0 Å². The average molecular weight is 302 g/mol. The van der Waals surface area contributed by atoms with E-state index in [-0.39, 0.29) is 5.78 Å². The number of hydrogen-bond donors (Lipinski definition) is 1. The molecule has 0 fully saturated rings. The monoisotopic (exact) mass is 302 g/mol. The molecule has 4 nitrogen and oxygen atoms in total. The van der Waals surface area contributed by atoms with E-state index < -0.39 is 0 Å². The molecule has 1 aromatic carbocycles. The van der Waals surface area contributed by atoms with Crippen molar-refractivity contribution in [1.29, 1.82) is 0 Å². The fraction of sp³-hybridized carbons (Fsp3) is 0.500. The molecule has 2 rings (SSSR count). The first-order valence-electron chi connectivity index (χ1n) is 8.18. The van der Waals surface area contributed by atoms with Crippen LogP contribution in [0.25, 0.3) is 0 Å². The van der Waals surface area contributed by atoms with Gasteiger partial charge in [-0.3, -0.25) is 4.79 Å². The predicted octanol–water partition coefficient (Wildman–Crippen LogP) is 3.14. The fourth-order valence-electron chi connectivity index (χ4n) is 2.34. The van der Waals surface area contributed by atoms with Gasteiger partial charge in [-0.25, -0.2) is 0 Å². The summed E-state index contributed by atoms with van der Waals surface area (Å²) in [7, 11) is 0. The second kappa shape index (κ2) is 9.26. The van der Waals surface area contributed by atoms with E-state index in [4.69, 9.17) is 4.74 Å². The molecule has 1 heterocycles. The molecule has 1 aromatic rings. The van der Waals surface area contributed by atoms with Gasteiger partial charge in [0, 0.05) is 18.3 Å². The number of anilines is 1. The first-order valence-corrected chi connectivity index (χ1v) is 8.18. The molecule has 4 heteroatoms. The van der Waals surface area contributed by atoms with Crippen molar-refractivity contribution in [2.45, 2.75) is 32.6 Å². The third kappa shape index (κ3) is 5.53. The van der Waals surface area contributed by atoms with Crippen molar-refractivity contribution in [1.82, 2.24) is 5.32 Å². The van der Waals surface area contributed by atoms with Crippen LogP contribution in [0.1, 0.15) is 32.6 Å². The Hall–Kier alpha value is -1.81. The maximum absolute atomic E-state index is 11.5. The van der Waals surface area contributed by atoms with Crippen LogP contribution in [0.15, 0.2) is 36.5 Å². The number of rotatable bonds is 9. The lowest BCUT2D eigenvalue weighted by atomic mass is 10.2. The number of ether oxygens (including phenoxy) is 1. The zero-order chi connectivity index (χ0) is 15.6. The van der Waals surface area contributed by atoms with E-state index in [0.29, 0.717) is 13.0 Å². The quantitative estimate of drug-likeness (QED) is 0.712. The summed E-state index contributed by atoms with van der Waals surface area (Å²) >= 11 is 0. The van der Waals surface area contributed by atoms with E-state index >= 15 is 0 Å². The van der Waals surface area contributed by atoms with Crippen molar-refractivity contribution < 1.29 is 9.53 Å². The van der Waals surface area contributed by atoms with Crippen molar-refractivity contribution in [3.05, 3.63) is 36.5 Å². The highest BCUT2D eigenvalue weighted by Crippen LogP contribution is 2.21. The normalized spacial score (nSPS) is 14.4. The van der Waals surface area contributed by atoms with E-state index in [9.17, 15) is 4.79 Å². The summed E-state index contributed by atoms with van der Waals surface area (Å²) in [5, 5.41) is 3.40. The van der Waals surface area contributed by atoms with Crippen molar-refractivity contribution in [3.63, 3.8) is 0 Å². The Morgan fingerprint density at radius 2 is 1.95 bits per heavy atom. The van der Waals surface area contributed by atoms with Crippen LogP contribution in [0.2, 0.25) is 0 Å². The second-order valence-electron chi connectivity index (χ2n) is 5.55. The number of carbonyl (C=O) groups is 1. The van der Waals surface area contributed by atoms with Gasteiger partial charge >= 0.3 is 0 Å². The molecule has 0 bridgehead atoms. The van der Waals surface area contributed by atoms with Crippen LogP contribution in [0.5, 0.6) is 5.75 Å². The van der Waals surface area contributed by atoms with Gasteiger partial charge in [0.25, 0.3) is 0 Å². The summed E-state index contributed by atoms with van der Waals surface area (Å²) in [4.78, 5) is 13.4. The summed E-state index contributed by atoms with van der Waals surface area (Å²) in [6.07, 6.45) is 7.89. The number of benzene rings is 1. The fourth-order valence-corrected chi connectivity index (χ4v) is 2.34. The topological polar surface area (TPSA) is 41.6 Å². The molecular weight excluding hydrogens is 276 g/mol. The molecule has 1 aliphatic heterocycles. The minimum absolute atomic E-state index is 0.249. The van der Waals surface area contributed by atoms with Crippen molar-refractivity contribution >= 4 is 11.5 Å². The highest BCUT2D eigenvalue weighted by molar-refractivity contribution is 5.86. The first kappa shape index (κ1) is 16.6. The Morgan fingerprint density at radius 3 is 2.68 bits per heavy atom. The number of allylic oxidation sites excluding steroid dienone is 1. The van der Waals surface area contributed by atoms with Gasteiger partial charge in [0.05, 0.1) is 13.2 Å². The van der Waals surface area contributed by atoms with Crippen molar-refractivity contribution in [2.75, 3.05) is 31.1 Å². The standard InChI is InChI=1S/C18H26N2O2/c1-2-3-11-19-12-5-14-22-18-9-7-16(8-10-18)20-13-4-6-17(21)15-20/h4,7-10,13,19H,2-3,5-6,11-12,14-15H2,1H3. The molecule has 1 N–H and O–H groups in total. The van der Waals surface area contributed by atoms with Crippen LogP contribution >= 0.6 is 0 Å². The average Bonchev–Trinajstić information content (AvgIpc) is 2.55. The maximum atomic E-state index is 11.5. The molecule has 0 aliphatic carbocycles. The molecule has 0 atom stereocenters. The Morgan fingerprint density at radius 1 is 1.18 bits per heavy atom. The van der Waals surface area contributed by atoms with Gasteiger partial charge in [0.1, 0.15) is 5.75 Å². The lowest BCUT2D eigenvalue weighted by Gasteiger charge is -2.22. The summed E-state index contributed by atoms with van der Waals surface area (Å²) in [6, 6.07) is 7.93. The number of nitrogens with one attached hydrogen (secondary N) is 1. The zero-order valence-corrected chi connectivity index (χ0v) is 13.4. The first-order chi connectivity index (χ1) is 10.8. The number of carbonyl (C=O) groups excluding carboxylic acids is 1. The van der Waals surface area contributed by atoms with E-state index in [1.807, 2.05) is 41.4 Å². The van der Waals surface area contributed by atoms with Crippen LogP contribution < -0.4 is 15.0 Å². The highest BCUT2D eigenvalue weighted by Gasteiger charge is 2.12. The molecule has 0 saturated heterocycles. The van der Waals surface area contributed by atoms with Crippen molar-refractivity contribution in [2.24, 2.45) is 0 Å². The molecule has 0 saturated carbocycles. The smallest absolute Gasteiger partial charge is 0.156 e. The van der Waals surface area contributed by atoms with Crippen molar-refractivity contribution in [3.8, 4) is 5.75 Å². The van der Waals surface area contributed by atoms with Gasteiger partial charge in [0.15, 0.2) is 5.78 Å². The van der Waals surface area contributed by atoms with Crippen LogP contribution in [0.4, 0.5) is 5.69 Å². The molecule has 1 aliphatic rings. The minimum atomic E-state index is 0.249. The highest BCUT2D eigenvalue weighted by atomic mass is 16.5. The Bertz CT molecular complexity index is 482. The molecule has 0 unspecified atom stereocenters. The lowest BCUT2D eigenvalue weighted by Crippen LogP contribution is -2.27. The SMILES string of the molecule is CCCCNCCCOc1ccc(N2C=CCC(=O)C2)cc1. The van der Waals surface area contributed by atoms with Crippen LogP contribution in [-0.2, 0) is 4.79 Å². The molecule has 0 amide bonds. The zero-order valence-electron chi connectivity index (χ0n) is 13.4. The lowest BCUT2D eigenvalue weighted by molar-refractivity contribution is -0.117. The number of ketones is 1. The van der Waals surface area contributed by atoms with E-state index in [1.54, 1.807) is 0 Å². The Kier molecular flexibility index (Phi) is 6.97. The van der Waals surface area contributed by atoms with Crippen LogP contribution in [-0.4, -0.2) is 32.0 Å². The molecule has 22 heavy (non-hydrogen) atoms. The summed E-state index contributed by atoms with van der Waals surface area (Å²) in [5.74, 6) is 1.13. The number of nitrogens with zero attached hydrogens (tertiary/aromatic N) is 1. The minimum Gasteiger partial charge on any atom is -0.494 e. The third-order valence-corrected chi connectivity index (χ3v) is 3.62. The number of hydrogen-bond acceptors (Lipinski definition) is 4. The number of Topliss-reactive ketones (excluding diaryl/α,β-unsaturated/α-hetero) is 1. The third-order valence-electron chi connectivity index (χ3n) is 3.62. The van der Waals surface area contributed by atoms with Gasteiger partial charge in [-0.05, 0) is 50.2 Å². The molecule has 0 aromatic heterocycles. The van der Waals surface area contributed by atoms with E-state index in [1.165, 1.54) is 12.8 Å². The van der Waals surface area contributed by atoms with Gasteiger partial charge in [0.2, 0.25) is 0 Å². The summed E-state index contributed by atoms with van der Waals surface area (Å²) in [6.45, 7) is 5.47. The molecular formula is C18H26N2O2. The van der Waals surface area contributed by atoms with Gasteiger partial charge < -0.3 is 15.0 Å². The van der Waals surface area contributed by atoms with Gasteiger partial charge in [-0.15, -0.1) is 0 Å². The largest absolute Gasteiger partial charge is 0.494 e. The van der Waals surface area contributed by atoms with E-state index in [0.717, 1.165) is 37.6 Å². The summed E-state index contributed by atoms with van der Waals surface area (Å²) < 4.78 is 5.73. The number of unbranched alkanes of at least 4 members (excludes halogenated alkanes) is 1. The van der Waals surface area contributed by atoms with E-state index in [2.05, 4.69) is 12.2 Å². The predicted molar refractivity (Wildman–Crippen MR) is 90.4 cm³/mol. The Balaban J connectivity index is 1.69. The van der Waals surface area contributed by atoms with Crippen LogP contribution in [0, 0.1) is 0 Å². The second-order valence-corrected chi connectivity index (χ2v) is 5.55. The molecule has 0 spiro atoms. The molecule has 0 radical (unpaired) electrons. The molecule has 120 valence electrons.